The van der Waals surface area contributed by atoms with Gasteiger partial charge in [-0.3, -0.25) is 9.59 Å². The normalized spacial score (nSPS) is 23.0. The van der Waals surface area contributed by atoms with E-state index < -0.39 is 0 Å². The van der Waals surface area contributed by atoms with Crippen molar-refractivity contribution in [2.45, 2.75) is 57.5 Å². The van der Waals surface area contributed by atoms with Gasteiger partial charge >= 0.3 is 0 Å². The zero-order chi connectivity index (χ0) is 18.5. The molecule has 1 aliphatic carbocycles. The van der Waals surface area contributed by atoms with Crippen LogP contribution in [-0.2, 0) is 4.79 Å². The topological polar surface area (TPSA) is 66.6 Å². The number of nitrogens with zero attached hydrogens (tertiary/aromatic N) is 2. The summed E-state index contributed by atoms with van der Waals surface area (Å²) in [5, 5.41) is 0. The highest BCUT2D eigenvalue weighted by Crippen LogP contribution is 2.28. The van der Waals surface area contributed by atoms with Gasteiger partial charge in [-0.25, -0.2) is 0 Å². The van der Waals surface area contributed by atoms with Crippen molar-refractivity contribution >= 4 is 24.2 Å². The number of likely N-dealkylation sites (tertiary alicyclic amines) is 1. The van der Waals surface area contributed by atoms with Gasteiger partial charge in [0.1, 0.15) is 0 Å². The summed E-state index contributed by atoms with van der Waals surface area (Å²) >= 11 is 0. The predicted molar refractivity (Wildman–Crippen MR) is 110 cm³/mol. The molecule has 0 spiro atoms. The first kappa shape index (κ1) is 21.7. The second kappa shape index (κ2) is 10.1. The van der Waals surface area contributed by atoms with E-state index in [2.05, 4.69) is 11.8 Å². The Morgan fingerprint density at radius 2 is 1.78 bits per heavy atom. The predicted octanol–water partition coefficient (Wildman–Crippen LogP) is 3.08. The standard InChI is InChI=1S/C21H31N3O2.ClH/c1-2-12-24(21(26)17-8-9-18(22)15-17)19-10-13-23(14-11-19)20(25)16-6-4-3-5-7-16;/h3-7,17-19H,2,8-15,22H2,1H3;1H. The van der Waals surface area contributed by atoms with E-state index in [9.17, 15) is 9.59 Å². The van der Waals surface area contributed by atoms with Gasteiger partial charge in [-0.15, -0.1) is 12.4 Å². The van der Waals surface area contributed by atoms with E-state index >= 15 is 0 Å². The van der Waals surface area contributed by atoms with E-state index in [4.69, 9.17) is 5.73 Å². The van der Waals surface area contributed by atoms with Crippen LogP contribution >= 0.6 is 12.4 Å². The Bertz CT molecular complexity index is 617. The third-order valence-corrected chi connectivity index (χ3v) is 5.78. The summed E-state index contributed by atoms with van der Waals surface area (Å²) < 4.78 is 0. The van der Waals surface area contributed by atoms with Crippen molar-refractivity contribution in [1.82, 2.24) is 9.80 Å². The van der Waals surface area contributed by atoms with E-state index in [1.54, 1.807) is 0 Å². The summed E-state index contributed by atoms with van der Waals surface area (Å²) in [4.78, 5) is 29.6. The van der Waals surface area contributed by atoms with Crippen LogP contribution in [0, 0.1) is 5.92 Å². The second-order valence-electron chi connectivity index (χ2n) is 7.69. The molecule has 2 unspecified atom stereocenters. The van der Waals surface area contributed by atoms with E-state index in [0.717, 1.165) is 63.7 Å². The highest BCUT2D eigenvalue weighted by Gasteiger charge is 2.35. The summed E-state index contributed by atoms with van der Waals surface area (Å²) in [5.41, 5.74) is 6.75. The molecule has 0 radical (unpaired) electrons. The van der Waals surface area contributed by atoms with Crippen molar-refractivity contribution < 1.29 is 9.59 Å². The molecular formula is C21H32ClN3O2. The molecule has 2 aliphatic rings. The van der Waals surface area contributed by atoms with E-state index in [0.29, 0.717) is 0 Å². The first-order chi connectivity index (χ1) is 12.6. The summed E-state index contributed by atoms with van der Waals surface area (Å²) in [7, 11) is 0. The second-order valence-corrected chi connectivity index (χ2v) is 7.69. The van der Waals surface area contributed by atoms with Crippen LogP contribution < -0.4 is 5.73 Å². The third-order valence-electron chi connectivity index (χ3n) is 5.78. The molecule has 0 aromatic heterocycles. The Morgan fingerprint density at radius 3 is 2.33 bits per heavy atom. The molecule has 2 atom stereocenters. The van der Waals surface area contributed by atoms with Crippen molar-refractivity contribution in [3.8, 4) is 0 Å². The van der Waals surface area contributed by atoms with Gasteiger partial charge in [-0.1, -0.05) is 25.1 Å². The van der Waals surface area contributed by atoms with Gasteiger partial charge in [0.15, 0.2) is 0 Å². The monoisotopic (exact) mass is 393 g/mol. The molecule has 27 heavy (non-hydrogen) atoms. The number of hydrogen-bond acceptors (Lipinski definition) is 3. The average molecular weight is 394 g/mol. The number of piperidine rings is 1. The quantitative estimate of drug-likeness (QED) is 0.835. The molecule has 3 rings (SSSR count). The fraction of sp³-hybridized carbons (Fsp3) is 0.619. The fourth-order valence-electron chi connectivity index (χ4n) is 4.33. The van der Waals surface area contributed by atoms with Crippen LogP contribution in [0.5, 0.6) is 0 Å². The lowest BCUT2D eigenvalue weighted by molar-refractivity contribution is -0.138. The van der Waals surface area contributed by atoms with Crippen LogP contribution in [0.2, 0.25) is 0 Å². The molecule has 1 heterocycles. The van der Waals surface area contributed by atoms with Gasteiger partial charge in [0.25, 0.3) is 5.91 Å². The SMILES string of the molecule is CCCN(C(=O)C1CCC(N)C1)C1CCN(C(=O)c2ccccc2)CC1.Cl. The van der Waals surface area contributed by atoms with Gasteiger partial charge in [0.2, 0.25) is 5.91 Å². The van der Waals surface area contributed by atoms with Crippen molar-refractivity contribution in [3.63, 3.8) is 0 Å². The zero-order valence-electron chi connectivity index (χ0n) is 16.2. The smallest absolute Gasteiger partial charge is 0.253 e. The van der Waals surface area contributed by atoms with Crippen LogP contribution in [0.4, 0.5) is 0 Å². The van der Waals surface area contributed by atoms with Crippen LogP contribution in [0.1, 0.15) is 55.8 Å². The summed E-state index contributed by atoms with van der Waals surface area (Å²) in [6, 6.07) is 9.88. The van der Waals surface area contributed by atoms with E-state index in [-0.39, 0.29) is 42.2 Å². The number of halogens is 1. The Kier molecular flexibility index (Phi) is 8.11. The molecule has 1 saturated carbocycles. The number of nitrogens with two attached hydrogens (primary N) is 1. The maximum atomic E-state index is 13.0. The molecule has 2 N–H and O–H groups in total. The van der Waals surface area contributed by atoms with Crippen molar-refractivity contribution in [3.05, 3.63) is 35.9 Å². The van der Waals surface area contributed by atoms with Gasteiger partial charge in [-0.2, -0.15) is 0 Å². The van der Waals surface area contributed by atoms with Crippen LogP contribution in [0.15, 0.2) is 30.3 Å². The number of carbonyl (C=O) groups excluding carboxylic acids is 2. The van der Waals surface area contributed by atoms with E-state index in [1.807, 2.05) is 35.2 Å². The Labute approximate surface area is 168 Å². The fourth-order valence-corrected chi connectivity index (χ4v) is 4.33. The van der Waals surface area contributed by atoms with Crippen LogP contribution in [0.25, 0.3) is 0 Å². The third kappa shape index (κ3) is 5.23. The summed E-state index contributed by atoms with van der Waals surface area (Å²) in [5.74, 6) is 0.479. The lowest BCUT2D eigenvalue weighted by Crippen LogP contribution is -2.50. The average Bonchev–Trinajstić information content (AvgIpc) is 3.12. The van der Waals surface area contributed by atoms with E-state index in [1.165, 1.54) is 0 Å². The Hall–Kier alpha value is -1.59. The molecule has 2 fully saturated rings. The van der Waals surface area contributed by atoms with Gasteiger partial charge in [0, 0.05) is 43.2 Å². The van der Waals surface area contributed by atoms with Crippen molar-refractivity contribution in [2.24, 2.45) is 11.7 Å². The maximum Gasteiger partial charge on any atom is 0.253 e. The maximum absolute atomic E-state index is 13.0. The zero-order valence-corrected chi connectivity index (χ0v) is 17.0. The molecule has 1 aromatic carbocycles. The number of amides is 2. The molecule has 5 nitrogen and oxygen atoms in total. The molecule has 6 heteroatoms. The highest BCUT2D eigenvalue weighted by molar-refractivity contribution is 5.94. The van der Waals surface area contributed by atoms with Crippen LogP contribution in [0.3, 0.4) is 0 Å². The number of benzene rings is 1. The first-order valence-electron chi connectivity index (χ1n) is 10.0. The first-order valence-corrected chi connectivity index (χ1v) is 10.0. The van der Waals surface area contributed by atoms with Gasteiger partial charge in [0.05, 0.1) is 0 Å². The summed E-state index contributed by atoms with van der Waals surface area (Å²) in [6.07, 6.45) is 5.40. The largest absolute Gasteiger partial charge is 0.339 e. The molecule has 2 amide bonds. The number of hydrogen-bond donors (Lipinski definition) is 1. The molecule has 0 bridgehead atoms. The van der Waals surface area contributed by atoms with Gasteiger partial charge < -0.3 is 15.5 Å². The minimum absolute atomic E-state index is 0. The minimum Gasteiger partial charge on any atom is -0.339 e. The van der Waals surface area contributed by atoms with Crippen molar-refractivity contribution in [2.75, 3.05) is 19.6 Å². The molecule has 1 saturated heterocycles. The Morgan fingerprint density at radius 1 is 1.11 bits per heavy atom. The number of rotatable bonds is 5. The lowest BCUT2D eigenvalue weighted by atomic mass is 9.98. The molecule has 1 aromatic rings. The minimum atomic E-state index is 0. The molecule has 150 valence electrons. The molecular weight excluding hydrogens is 362 g/mol. The molecule has 1 aliphatic heterocycles. The summed E-state index contributed by atoms with van der Waals surface area (Å²) in [6.45, 7) is 4.36. The van der Waals surface area contributed by atoms with Crippen LogP contribution in [-0.4, -0.2) is 53.3 Å². The lowest BCUT2D eigenvalue weighted by Gasteiger charge is -2.39. The highest BCUT2D eigenvalue weighted by atomic mass is 35.5. The Balaban J connectivity index is 0.00000261. The number of carbonyl (C=O) groups is 2. The van der Waals surface area contributed by atoms with Crippen molar-refractivity contribution in [1.29, 1.82) is 0 Å². The van der Waals surface area contributed by atoms with Gasteiger partial charge in [-0.05, 0) is 50.7 Å².